The van der Waals surface area contributed by atoms with Gasteiger partial charge in [0.05, 0.1) is 7.11 Å². The van der Waals surface area contributed by atoms with Crippen LogP contribution in [0.15, 0.2) is 46.9 Å². The van der Waals surface area contributed by atoms with Crippen LogP contribution in [0.25, 0.3) is 0 Å². The number of hydrogen-bond donors (Lipinski definition) is 0. The van der Waals surface area contributed by atoms with Crippen LogP contribution in [0, 0.1) is 12.8 Å². The van der Waals surface area contributed by atoms with Crippen LogP contribution in [-0.2, 0) is 12.8 Å². The zero-order chi connectivity index (χ0) is 15.2. The SMILES string of the molecule is COc1ccc(C)cc1CC(CCl)Cc1ccccc1Br. The molecule has 0 spiro atoms. The van der Waals surface area contributed by atoms with Gasteiger partial charge in [-0.15, -0.1) is 11.6 Å². The molecule has 0 fully saturated rings. The fourth-order valence-corrected chi connectivity index (χ4v) is 3.20. The highest BCUT2D eigenvalue weighted by Crippen LogP contribution is 2.27. The molecule has 1 unspecified atom stereocenters. The Kier molecular flexibility index (Phi) is 6.13. The zero-order valence-corrected chi connectivity index (χ0v) is 14.7. The van der Waals surface area contributed by atoms with Crippen LogP contribution in [0.3, 0.4) is 0 Å². The number of halogens is 2. The lowest BCUT2D eigenvalue weighted by Crippen LogP contribution is -2.11. The number of rotatable bonds is 6. The monoisotopic (exact) mass is 366 g/mol. The highest BCUT2D eigenvalue weighted by Gasteiger charge is 2.14. The van der Waals surface area contributed by atoms with Crippen molar-refractivity contribution in [1.82, 2.24) is 0 Å². The molecule has 0 aromatic heterocycles. The lowest BCUT2D eigenvalue weighted by molar-refractivity contribution is 0.405. The number of alkyl halides is 1. The highest BCUT2D eigenvalue weighted by atomic mass is 79.9. The van der Waals surface area contributed by atoms with Crippen LogP contribution in [0.1, 0.15) is 16.7 Å². The summed E-state index contributed by atoms with van der Waals surface area (Å²) in [7, 11) is 1.72. The molecule has 0 saturated heterocycles. The topological polar surface area (TPSA) is 9.23 Å². The minimum absolute atomic E-state index is 0.390. The Hall–Kier alpha value is -0.990. The number of aryl methyl sites for hydroxylation is 1. The Morgan fingerprint density at radius 1 is 1.10 bits per heavy atom. The summed E-state index contributed by atoms with van der Waals surface area (Å²) in [6.07, 6.45) is 1.89. The molecule has 3 heteroatoms. The first-order valence-corrected chi connectivity index (χ1v) is 8.39. The molecule has 2 aromatic rings. The van der Waals surface area contributed by atoms with E-state index in [0.29, 0.717) is 11.8 Å². The molecule has 0 heterocycles. The molecule has 0 saturated carbocycles. The first-order valence-electron chi connectivity index (χ1n) is 7.07. The summed E-state index contributed by atoms with van der Waals surface area (Å²) in [5, 5.41) is 0. The van der Waals surface area contributed by atoms with Gasteiger partial charge in [-0.2, -0.15) is 0 Å². The van der Waals surface area contributed by atoms with E-state index in [2.05, 4.69) is 53.2 Å². The molecule has 0 aliphatic heterocycles. The van der Waals surface area contributed by atoms with E-state index in [4.69, 9.17) is 16.3 Å². The van der Waals surface area contributed by atoms with Gasteiger partial charge in [0.15, 0.2) is 0 Å². The van der Waals surface area contributed by atoms with Crippen molar-refractivity contribution in [1.29, 1.82) is 0 Å². The molecular weight excluding hydrogens is 348 g/mol. The minimum atomic E-state index is 0.390. The third-order valence-corrected chi connectivity index (χ3v) is 4.84. The summed E-state index contributed by atoms with van der Waals surface area (Å²) in [5.41, 5.74) is 3.78. The van der Waals surface area contributed by atoms with Crippen LogP contribution in [-0.4, -0.2) is 13.0 Å². The van der Waals surface area contributed by atoms with Crippen LogP contribution in [0.2, 0.25) is 0 Å². The molecule has 0 N–H and O–H groups in total. The molecule has 2 rings (SSSR count). The van der Waals surface area contributed by atoms with Crippen molar-refractivity contribution in [2.24, 2.45) is 5.92 Å². The predicted molar refractivity (Wildman–Crippen MR) is 93.5 cm³/mol. The molecule has 1 atom stereocenters. The van der Waals surface area contributed by atoms with Gasteiger partial charge in [0.1, 0.15) is 5.75 Å². The molecule has 0 radical (unpaired) electrons. The van der Waals surface area contributed by atoms with E-state index in [1.807, 2.05) is 12.1 Å². The van der Waals surface area contributed by atoms with Gasteiger partial charge >= 0.3 is 0 Å². The molecule has 21 heavy (non-hydrogen) atoms. The maximum Gasteiger partial charge on any atom is 0.122 e. The largest absolute Gasteiger partial charge is 0.496 e. The first kappa shape index (κ1) is 16.4. The quantitative estimate of drug-likeness (QED) is 0.621. The van der Waals surface area contributed by atoms with Gasteiger partial charge in [-0.25, -0.2) is 0 Å². The highest BCUT2D eigenvalue weighted by molar-refractivity contribution is 9.10. The third kappa shape index (κ3) is 4.49. The van der Waals surface area contributed by atoms with Gasteiger partial charge < -0.3 is 4.74 Å². The second kappa shape index (κ2) is 7.86. The van der Waals surface area contributed by atoms with Crippen molar-refractivity contribution >= 4 is 27.5 Å². The second-order valence-corrected chi connectivity index (χ2v) is 6.50. The number of hydrogen-bond acceptors (Lipinski definition) is 1. The standard InChI is InChI=1S/C18H20BrClO/c1-13-7-8-18(21-2)16(9-13)11-14(12-20)10-15-5-3-4-6-17(15)19/h3-9,14H,10-12H2,1-2H3. The third-order valence-electron chi connectivity index (χ3n) is 3.63. The second-order valence-electron chi connectivity index (χ2n) is 5.34. The van der Waals surface area contributed by atoms with E-state index in [0.717, 1.165) is 23.1 Å². The molecule has 0 aliphatic carbocycles. The van der Waals surface area contributed by atoms with Crippen molar-refractivity contribution < 1.29 is 4.74 Å². The molecule has 2 aromatic carbocycles. The molecular formula is C18H20BrClO. The molecule has 0 aliphatic rings. The Morgan fingerprint density at radius 3 is 2.48 bits per heavy atom. The van der Waals surface area contributed by atoms with Gasteiger partial charge in [-0.1, -0.05) is 51.8 Å². The van der Waals surface area contributed by atoms with Crippen LogP contribution in [0.4, 0.5) is 0 Å². The van der Waals surface area contributed by atoms with Crippen LogP contribution >= 0.6 is 27.5 Å². The van der Waals surface area contributed by atoms with Crippen LogP contribution in [0.5, 0.6) is 5.75 Å². The van der Waals surface area contributed by atoms with Crippen molar-refractivity contribution in [2.45, 2.75) is 19.8 Å². The lowest BCUT2D eigenvalue weighted by atomic mass is 9.93. The van der Waals surface area contributed by atoms with E-state index in [-0.39, 0.29) is 0 Å². The Balaban J connectivity index is 2.16. The summed E-state index contributed by atoms with van der Waals surface area (Å²) in [6, 6.07) is 14.6. The molecule has 1 nitrogen and oxygen atoms in total. The maximum absolute atomic E-state index is 6.20. The van der Waals surface area contributed by atoms with E-state index in [1.54, 1.807) is 7.11 Å². The summed E-state index contributed by atoms with van der Waals surface area (Å²) in [6.45, 7) is 2.10. The van der Waals surface area contributed by atoms with Crippen molar-refractivity contribution in [3.05, 3.63) is 63.6 Å². The summed E-state index contributed by atoms with van der Waals surface area (Å²) < 4.78 is 6.62. The number of ether oxygens (including phenoxy) is 1. The smallest absolute Gasteiger partial charge is 0.122 e. The first-order chi connectivity index (χ1) is 10.1. The van der Waals surface area contributed by atoms with Gasteiger partial charge in [0.25, 0.3) is 0 Å². The molecule has 112 valence electrons. The summed E-state index contributed by atoms with van der Waals surface area (Å²) in [5.74, 6) is 1.97. The van der Waals surface area contributed by atoms with Crippen LogP contribution < -0.4 is 4.74 Å². The fourth-order valence-electron chi connectivity index (χ4n) is 2.53. The van der Waals surface area contributed by atoms with Gasteiger partial charge in [-0.3, -0.25) is 0 Å². The summed E-state index contributed by atoms with van der Waals surface area (Å²) >= 11 is 9.81. The fraction of sp³-hybridized carbons (Fsp3) is 0.333. The Bertz CT molecular complexity index is 598. The normalized spacial score (nSPS) is 12.2. The Labute approximate surface area is 140 Å². The minimum Gasteiger partial charge on any atom is -0.496 e. The molecule has 0 amide bonds. The average Bonchev–Trinajstić information content (AvgIpc) is 2.49. The maximum atomic E-state index is 6.20. The van der Waals surface area contributed by atoms with E-state index in [1.165, 1.54) is 16.7 Å². The number of methoxy groups -OCH3 is 1. The van der Waals surface area contributed by atoms with Crippen molar-refractivity contribution in [2.75, 3.05) is 13.0 Å². The van der Waals surface area contributed by atoms with Gasteiger partial charge in [0.2, 0.25) is 0 Å². The van der Waals surface area contributed by atoms with Gasteiger partial charge in [0, 0.05) is 10.4 Å². The van der Waals surface area contributed by atoms with Gasteiger partial charge in [-0.05, 0) is 48.9 Å². The van der Waals surface area contributed by atoms with E-state index in [9.17, 15) is 0 Å². The average molecular weight is 368 g/mol. The van der Waals surface area contributed by atoms with E-state index >= 15 is 0 Å². The number of benzene rings is 2. The Morgan fingerprint density at radius 2 is 1.81 bits per heavy atom. The summed E-state index contributed by atoms with van der Waals surface area (Å²) in [4.78, 5) is 0. The van der Waals surface area contributed by atoms with Crippen molar-refractivity contribution in [3.8, 4) is 5.75 Å². The van der Waals surface area contributed by atoms with E-state index < -0.39 is 0 Å². The predicted octanol–water partition coefficient (Wildman–Crippen LogP) is 5.41. The lowest BCUT2D eigenvalue weighted by Gasteiger charge is -2.17. The molecule has 0 bridgehead atoms. The zero-order valence-electron chi connectivity index (χ0n) is 12.4. The van der Waals surface area contributed by atoms with Crippen molar-refractivity contribution in [3.63, 3.8) is 0 Å².